The van der Waals surface area contributed by atoms with Crippen LogP contribution in [0.25, 0.3) is 16.6 Å². The van der Waals surface area contributed by atoms with Crippen molar-refractivity contribution in [2.24, 2.45) is 0 Å². The van der Waals surface area contributed by atoms with E-state index in [1.165, 1.54) is 0 Å². The van der Waals surface area contributed by atoms with E-state index in [1.807, 2.05) is 25.1 Å². The minimum atomic E-state index is -0.605. The van der Waals surface area contributed by atoms with Crippen LogP contribution in [0.1, 0.15) is 41.3 Å². The van der Waals surface area contributed by atoms with E-state index in [4.69, 9.17) is 25.7 Å². The zero-order chi connectivity index (χ0) is 26.6. The summed E-state index contributed by atoms with van der Waals surface area (Å²) in [4.78, 5) is 34.7. The summed E-state index contributed by atoms with van der Waals surface area (Å²) in [7, 11) is 1.56. The fourth-order valence-corrected chi connectivity index (χ4v) is 4.86. The summed E-state index contributed by atoms with van der Waals surface area (Å²) >= 11 is 6.45. The molecule has 1 unspecified atom stereocenters. The average Bonchev–Trinajstić information content (AvgIpc) is 3.46. The van der Waals surface area contributed by atoms with Crippen molar-refractivity contribution in [3.8, 4) is 11.4 Å². The Bertz CT molecular complexity index is 1650. The number of para-hydroxylation sites is 3. The predicted octanol–water partition coefficient (Wildman–Crippen LogP) is 6.43. The largest absolute Gasteiger partial charge is 0.495 e. The van der Waals surface area contributed by atoms with Crippen molar-refractivity contribution in [2.75, 3.05) is 7.11 Å². The van der Waals surface area contributed by atoms with E-state index in [0.717, 1.165) is 0 Å². The summed E-state index contributed by atoms with van der Waals surface area (Å²) in [6.45, 7) is 2.11. The van der Waals surface area contributed by atoms with Crippen LogP contribution in [0.4, 0.5) is 0 Å². The Morgan fingerprint density at radius 1 is 1.03 bits per heavy atom. The molecule has 2 aromatic heterocycles. The minimum Gasteiger partial charge on any atom is -0.495 e. The molecule has 0 radical (unpaired) electrons. The number of fused-ring (bicyclic) bond motifs is 1. The van der Waals surface area contributed by atoms with Gasteiger partial charge in [0.1, 0.15) is 17.3 Å². The van der Waals surface area contributed by atoms with Gasteiger partial charge in [-0.3, -0.25) is 14.2 Å². The number of carbonyl (C=O) groups excluding carboxylic acids is 1. The molecule has 5 rings (SSSR count). The van der Waals surface area contributed by atoms with Gasteiger partial charge >= 0.3 is 0 Å². The third-order valence-electron chi connectivity index (χ3n) is 6.46. The number of aromatic nitrogens is 2. The zero-order valence-electron chi connectivity index (χ0n) is 21.0. The lowest BCUT2D eigenvalue weighted by atomic mass is 10.1. The van der Waals surface area contributed by atoms with Gasteiger partial charge in [0.15, 0.2) is 0 Å². The molecule has 0 saturated carbocycles. The minimum absolute atomic E-state index is 0.157. The number of ether oxygens (including phenoxy) is 1. The predicted molar refractivity (Wildman–Crippen MR) is 147 cm³/mol. The quantitative estimate of drug-likeness (QED) is 0.232. The van der Waals surface area contributed by atoms with Crippen LogP contribution in [-0.2, 0) is 6.54 Å². The van der Waals surface area contributed by atoms with Gasteiger partial charge in [-0.1, -0.05) is 54.9 Å². The zero-order valence-corrected chi connectivity index (χ0v) is 21.8. The van der Waals surface area contributed by atoms with Crippen LogP contribution in [0.2, 0.25) is 5.02 Å². The highest BCUT2D eigenvalue weighted by atomic mass is 35.5. The first kappa shape index (κ1) is 25.3. The van der Waals surface area contributed by atoms with Crippen molar-refractivity contribution >= 4 is 28.4 Å². The molecule has 7 nitrogen and oxygen atoms in total. The number of amides is 1. The van der Waals surface area contributed by atoms with Gasteiger partial charge in [0.2, 0.25) is 0 Å². The van der Waals surface area contributed by atoms with Crippen LogP contribution in [0, 0.1) is 0 Å². The van der Waals surface area contributed by atoms with Crippen molar-refractivity contribution in [1.82, 2.24) is 14.5 Å². The molecule has 3 aromatic carbocycles. The molecule has 8 heteroatoms. The van der Waals surface area contributed by atoms with Crippen LogP contribution in [0.3, 0.4) is 0 Å². The summed E-state index contributed by atoms with van der Waals surface area (Å²) < 4.78 is 12.8. The van der Waals surface area contributed by atoms with Gasteiger partial charge in [0, 0.05) is 0 Å². The fraction of sp³-hybridized carbons (Fsp3) is 0.167. The van der Waals surface area contributed by atoms with Crippen LogP contribution >= 0.6 is 11.6 Å². The summed E-state index contributed by atoms with van der Waals surface area (Å²) in [5.41, 5.74) is 1.18. The molecule has 0 N–H and O–H groups in total. The topological polar surface area (TPSA) is 77.6 Å². The van der Waals surface area contributed by atoms with Crippen LogP contribution in [0.5, 0.6) is 5.75 Å². The lowest BCUT2D eigenvalue weighted by Gasteiger charge is -2.32. The summed E-state index contributed by atoms with van der Waals surface area (Å²) in [5.74, 6) is 1.22. The number of carbonyl (C=O) groups is 1. The standard InChI is InChI=1S/C30H26ClN3O4/c1-3-25(33(19-20-11-10-18-38-20)29(35)21-12-4-6-14-23(21)31)28-32-24-15-7-5-13-22(24)30(36)34(28)26-16-8-9-17-27(26)37-2/h4-18,25H,3,19H2,1-2H3. The molecule has 0 spiro atoms. The van der Waals surface area contributed by atoms with E-state index in [0.29, 0.717) is 50.9 Å². The van der Waals surface area contributed by atoms with E-state index in [1.54, 1.807) is 89.6 Å². The number of furan rings is 1. The molecule has 0 aliphatic rings. The van der Waals surface area contributed by atoms with Crippen molar-refractivity contribution in [1.29, 1.82) is 0 Å². The molecule has 38 heavy (non-hydrogen) atoms. The van der Waals surface area contributed by atoms with Gasteiger partial charge in [-0.25, -0.2) is 4.98 Å². The molecule has 1 atom stereocenters. The number of hydrogen-bond donors (Lipinski definition) is 0. The summed E-state index contributed by atoms with van der Waals surface area (Å²) in [5, 5.41) is 0.803. The van der Waals surface area contributed by atoms with Crippen LogP contribution in [0.15, 0.2) is 100 Å². The Labute approximate surface area is 224 Å². The molecule has 5 aromatic rings. The number of halogens is 1. The number of methoxy groups -OCH3 is 1. The first-order valence-electron chi connectivity index (χ1n) is 12.3. The Morgan fingerprint density at radius 3 is 2.50 bits per heavy atom. The molecule has 1 amide bonds. The first-order chi connectivity index (χ1) is 18.5. The lowest BCUT2D eigenvalue weighted by molar-refractivity contribution is 0.0624. The van der Waals surface area contributed by atoms with E-state index in [-0.39, 0.29) is 18.0 Å². The number of hydrogen-bond acceptors (Lipinski definition) is 5. The maximum atomic E-state index is 14.0. The fourth-order valence-electron chi connectivity index (χ4n) is 4.65. The Kier molecular flexibility index (Phi) is 7.29. The van der Waals surface area contributed by atoms with Crippen molar-refractivity contribution in [3.63, 3.8) is 0 Å². The van der Waals surface area contributed by atoms with E-state index in [2.05, 4.69) is 0 Å². The normalized spacial score (nSPS) is 11.9. The maximum absolute atomic E-state index is 14.0. The SMILES string of the molecule is CCC(c1nc2ccccc2c(=O)n1-c1ccccc1OC)N(Cc1ccco1)C(=O)c1ccccc1Cl. The Morgan fingerprint density at radius 2 is 1.76 bits per heavy atom. The molecule has 0 bridgehead atoms. The smallest absolute Gasteiger partial charge is 0.266 e. The van der Waals surface area contributed by atoms with E-state index < -0.39 is 6.04 Å². The van der Waals surface area contributed by atoms with E-state index in [9.17, 15) is 9.59 Å². The van der Waals surface area contributed by atoms with Gasteiger partial charge in [-0.2, -0.15) is 0 Å². The second kappa shape index (κ2) is 10.9. The van der Waals surface area contributed by atoms with Gasteiger partial charge in [-0.05, 0) is 55.0 Å². The number of nitrogens with zero attached hydrogens (tertiary/aromatic N) is 3. The molecule has 192 valence electrons. The highest BCUT2D eigenvalue weighted by molar-refractivity contribution is 6.33. The Balaban J connectivity index is 1.77. The van der Waals surface area contributed by atoms with Gasteiger partial charge in [0.25, 0.3) is 11.5 Å². The highest BCUT2D eigenvalue weighted by Crippen LogP contribution is 2.32. The van der Waals surface area contributed by atoms with Crippen molar-refractivity contribution < 1.29 is 13.9 Å². The molecule has 0 aliphatic heterocycles. The third-order valence-corrected chi connectivity index (χ3v) is 6.79. The molecule has 0 fully saturated rings. The second-order valence-corrected chi connectivity index (χ2v) is 9.12. The van der Waals surface area contributed by atoms with Crippen molar-refractivity contribution in [2.45, 2.75) is 25.9 Å². The van der Waals surface area contributed by atoms with Gasteiger partial charge < -0.3 is 14.1 Å². The van der Waals surface area contributed by atoms with Crippen molar-refractivity contribution in [3.05, 3.63) is 124 Å². The summed E-state index contributed by atoms with van der Waals surface area (Å²) in [6, 6.07) is 24.3. The molecule has 0 aliphatic carbocycles. The number of rotatable bonds is 8. The average molecular weight is 528 g/mol. The molecular formula is C30H26ClN3O4. The van der Waals surface area contributed by atoms with Crippen LogP contribution < -0.4 is 10.3 Å². The van der Waals surface area contributed by atoms with Gasteiger partial charge in [-0.15, -0.1) is 0 Å². The van der Waals surface area contributed by atoms with E-state index >= 15 is 0 Å². The van der Waals surface area contributed by atoms with Gasteiger partial charge in [0.05, 0.1) is 53.1 Å². The Hall–Kier alpha value is -4.36. The summed E-state index contributed by atoms with van der Waals surface area (Å²) in [6.07, 6.45) is 2.03. The second-order valence-electron chi connectivity index (χ2n) is 8.72. The highest BCUT2D eigenvalue weighted by Gasteiger charge is 2.32. The van der Waals surface area contributed by atoms with Crippen LogP contribution in [-0.4, -0.2) is 27.5 Å². The third kappa shape index (κ3) is 4.68. The maximum Gasteiger partial charge on any atom is 0.266 e. The lowest BCUT2D eigenvalue weighted by Crippen LogP contribution is -2.38. The molecule has 2 heterocycles. The monoisotopic (exact) mass is 527 g/mol. The molecular weight excluding hydrogens is 502 g/mol. The molecule has 0 saturated heterocycles. The first-order valence-corrected chi connectivity index (χ1v) is 12.6. The number of benzene rings is 3.